The number of nitrogens with zero attached hydrogens (tertiary/aromatic N) is 1. The fraction of sp³-hybridized carbons (Fsp3) is 0.409. The molecule has 0 radical (unpaired) electrons. The van der Waals surface area contributed by atoms with Crippen LogP contribution in [0.5, 0.6) is 11.5 Å². The van der Waals surface area contributed by atoms with Crippen molar-refractivity contribution in [3.63, 3.8) is 0 Å². The Morgan fingerprint density at radius 2 is 1.85 bits per heavy atom. The number of ether oxygens (including phenoxy) is 2. The van der Waals surface area contributed by atoms with E-state index in [4.69, 9.17) is 9.47 Å². The summed E-state index contributed by atoms with van der Waals surface area (Å²) in [5, 5.41) is 10.4. The van der Waals surface area contributed by atoms with Gasteiger partial charge in [-0.1, -0.05) is 30.3 Å². The molecule has 1 heterocycles. The molecular formula is C22H27NO4. The summed E-state index contributed by atoms with van der Waals surface area (Å²) in [5.41, 5.74) is 0.876. The van der Waals surface area contributed by atoms with Crippen molar-refractivity contribution in [1.29, 1.82) is 0 Å². The molecule has 0 aliphatic carbocycles. The maximum absolute atomic E-state index is 11.8. The van der Waals surface area contributed by atoms with E-state index >= 15 is 0 Å². The molecule has 2 aromatic carbocycles. The molecule has 0 bridgehead atoms. The van der Waals surface area contributed by atoms with Gasteiger partial charge in [-0.05, 0) is 68.6 Å². The van der Waals surface area contributed by atoms with E-state index in [-0.39, 0.29) is 12.0 Å². The van der Waals surface area contributed by atoms with Gasteiger partial charge in [-0.25, -0.2) is 0 Å². The number of hydrogen-bond acceptors (Lipinski definition) is 5. The molecule has 0 spiro atoms. The molecule has 27 heavy (non-hydrogen) atoms. The highest BCUT2D eigenvalue weighted by Crippen LogP contribution is 2.26. The minimum atomic E-state index is -0.519. The number of aliphatic hydroxyl groups excluding tert-OH is 1. The average molecular weight is 369 g/mol. The zero-order chi connectivity index (χ0) is 19.1. The summed E-state index contributed by atoms with van der Waals surface area (Å²) in [6.45, 7) is 1.72. The van der Waals surface area contributed by atoms with Gasteiger partial charge in [0.2, 0.25) is 0 Å². The molecular weight excluding hydrogens is 342 g/mol. The van der Waals surface area contributed by atoms with Crippen LogP contribution in [0.1, 0.15) is 37.4 Å². The number of methoxy groups -OCH3 is 1. The van der Waals surface area contributed by atoms with Crippen molar-refractivity contribution in [2.24, 2.45) is 0 Å². The summed E-state index contributed by atoms with van der Waals surface area (Å²) in [6, 6.07) is 17.0. The standard InChI is InChI=1S/C22H27NO4/c1-26-22(25)20-9-5-15-23(20)16-6-10-21(24)17-11-13-19(14-12-17)27-18-7-3-2-4-8-18/h2-4,7-8,11-14,20-21,24H,5-6,9-10,15-16H2,1H3/t20-,21?/m0/s1. The minimum Gasteiger partial charge on any atom is -0.468 e. The van der Waals surface area contributed by atoms with Gasteiger partial charge in [0.05, 0.1) is 13.2 Å². The van der Waals surface area contributed by atoms with E-state index in [1.807, 2.05) is 54.6 Å². The first-order valence-electron chi connectivity index (χ1n) is 9.50. The van der Waals surface area contributed by atoms with Gasteiger partial charge in [-0.3, -0.25) is 9.69 Å². The van der Waals surface area contributed by atoms with Crippen molar-refractivity contribution < 1.29 is 19.4 Å². The Morgan fingerprint density at radius 3 is 2.56 bits per heavy atom. The number of para-hydroxylation sites is 1. The monoisotopic (exact) mass is 369 g/mol. The van der Waals surface area contributed by atoms with Gasteiger partial charge in [0.1, 0.15) is 17.5 Å². The molecule has 0 amide bonds. The molecule has 1 aliphatic rings. The first kappa shape index (κ1) is 19.4. The summed E-state index contributed by atoms with van der Waals surface area (Å²) in [5.74, 6) is 1.38. The maximum atomic E-state index is 11.8. The Kier molecular flexibility index (Phi) is 6.85. The third kappa shape index (κ3) is 5.31. The van der Waals surface area contributed by atoms with Crippen molar-refractivity contribution in [1.82, 2.24) is 4.90 Å². The van der Waals surface area contributed by atoms with Crippen LogP contribution in [0.15, 0.2) is 54.6 Å². The fourth-order valence-electron chi connectivity index (χ4n) is 3.53. The van der Waals surface area contributed by atoms with E-state index in [0.717, 1.165) is 49.4 Å². The predicted molar refractivity (Wildman–Crippen MR) is 104 cm³/mol. The second kappa shape index (κ2) is 9.53. The van der Waals surface area contributed by atoms with Gasteiger partial charge >= 0.3 is 5.97 Å². The van der Waals surface area contributed by atoms with Gasteiger partial charge in [0.15, 0.2) is 0 Å². The number of aliphatic hydroxyl groups is 1. The quantitative estimate of drug-likeness (QED) is 0.715. The van der Waals surface area contributed by atoms with Crippen molar-refractivity contribution in [3.8, 4) is 11.5 Å². The van der Waals surface area contributed by atoms with Gasteiger partial charge < -0.3 is 14.6 Å². The summed E-state index contributed by atoms with van der Waals surface area (Å²) in [6.07, 6.45) is 2.85. The normalized spacial score (nSPS) is 18.2. The van der Waals surface area contributed by atoms with Crippen LogP contribution in [0.3, 0.4) is 0 Å². The molecule has 0 aromatic heterocycles. The molecule has 1 unspecified atom stereocenters. The van der Waals surface area contributed by atoms with E-state index in [2.05, 4.69) is 4.90 Å². The molecule has 2 aromatic rings. The number of hydrogen-bond donors (Lipinski definition) is 1. The summed E-state index contributed by atoms with van der Waals surface area (Å²) in [7, 11) is 1.44. The predicted octanol–water partition coefficient (Wildman–Crippen LogP) is 3.93. The number of esters is 1. The van der Waals surface area contributed by atoms with Gasteiger partial charge in [0, 0.05) is 0 Å². The highest BCUT2D eigenvalue weighted by atomic mass is 16.5. The Morgan fingerprint density at radius 1 is 1.15 bits per heavy atom. The van der Waals surface area contributed by atoms with Crippen LogP contribution in [-0.4, -0.2) is 42.2 Å². The van der Waals surface area contributed by atoms with E-state index < -0.39 is 6.10 Å². The molecule has 1 aliphatic heterocycles. The second-order valence-corrected chi connectivity index (χ2v) is 6.86. The average Bonchev–Trinajstić information content (AvgIpc) is 3.17. The van der Waals surface area contributed by atoms with E-state index in [1.165, 1.54) is 7.11 Å². The summed E-state index contributed by atoms with van der Waals surface area (Å²) >= 11 is 0. The van der Waals surface area contributed by atoms with Gasteiger partial charge in [-0.15, -0.1) is 0 Å². The summed E-state index contributed by atoms with van der Waals surface area (Å²) in [4.78, 5) is 13.9. The number of rotatable bonds is 8. The molecule has 0 saturated carbocycles. The van der Waals surface area contributed by atoms with Crippen LogP contribution >= 0.6 is 0 Å². The van der Waals surface area contributed by atoms with Crippen molar-refractivity contribution in [3.05, 3.63) is 60.2 Å². The SMILES string of the molecule is COC(=O)[C@@H]1CCCN1CCCC(O)c1ccc(Oc2ccccc2)cc1. The van der Waals surface area contributed by atoms with Crippen LogP contribution in [0.4, 0.5) is 0 Å². The second-order valence-electron chi connectivity index (χ2n) is 6.86. The number of likely N-dealkylation sites (tertiary alicyclic amines) is 1. The minimum absolute atomic E-state index is 0.124. The zero-order valence-electron chi connectivity index (χ0n) is 15.7. The lowest BCUT2D eigenvalue weighted by Crippen LogP contribution is -2.37. The van der Waals surface area contributed by atoms with Crippen LogP contribution < -0.4 is 4.74 Å². The Balaban J connectivity index is 1.47. The third-order valence-electron chi connectivity index (χ3n) is 5.00. The molecule has 144 valence electrons. The van der Waals surface area contributed by atoms with Crippen LogP contribution in [0.2, 0.25) is 0 Å². The van der Waals surface area contributed by atoms with Crippen LogP contribution in [0, 0.1) is 0 Å². The Labute approximate surface area is 160 Å². The highest BCUT2D eigenvalue weighted by molar-refractivity contribution is 5.75. The lowest BCUT2D eigenvalue weighted by atomic mass is 10.0. The number of carbonyl (C=O) groups is 1. The zero-order valence-corrected chi connectivity index (χ0v) is 15.7. The highest BCUT2D eigenvalue weighted by Gasteiger charge is 2.30. The Hall–Kier alpha value is -2.37. The van der Waals surface area contributed by atoms with Crippen molar-refractivity contribution in [2.45, 2.75) is 37.8 Å². The molecule has 2 atom stereocenters. The van der Waals surface area contributed by atoms with Crippen molar-refractivity contribution >= 4 is 5.97 Å². The maximum Gasteiger partial charge on any atom is 0.323 e. The van der Waals surface area contributed by atoms with E-state index in [0.29, 0.717) is 6.42 Å². The first-order valence-corrected chi connectivity index (χ1v) is 9.50. The lowest BCUT2D eigenvalue weighted by molar-refractivity contribution is -0.145. The molecule has 5 nitrogen and oxygen atoms in total. The van der Waals surface area contributed by atoms with E-state index in [9.17, 15) is 9.90 Å². The molecule has 3 rings (SSSR count). The topological polar surface area (TPSA) is 59.0 Å². The molecule has 5 heteroatoms. The number of carbonyl (C=O) groups excluding carboxylic acids is 1. The smallest absolute Gasteiger partial charge is 0.323 e. The molecule has 1 saturated heterocycles. The Bertz CT molecular complexity index is 717. The molecule has 1 N–H and O–H groups in total. The largest absolute Gasteiger partial charge is 0.468 e. The van der Waals surface area contributed by atoms with Gasteiger partial charge in [0.25, 0.3) is 0 Å². The van der Waals surface area contributed by atoms with Crippen molar-refractivity contribution in [2.75, 3.05) is 20.2 Å². The fourth-order valence-corrected chi connectivity index (χ4v) is 3.53. The molecule has 1 fully saturated rings. The van der Waals surface area contributed by atoms with Gasteiger partial charge in [-0.2, -0.15) is 0 Å². The first-order chi connectivity index (χ1) is 13.2. The number of benzene rings is 2. The third-order valence-corrected chi connectivity index (χ3v) is 5.00. The van der Waals surface area contributed by atoms with E-state index in [1.54, 1.807) is 0 Å². The summed E-state index contributed by atoms with van der Waals surface area (Å²) < 4.78 is 10.6. The van der Waals surface area contributed by atoms with Crippen LogP contribution in [-0.2, 0) is 9.53 Å². The lowest BCUT2D eigenvalue weighted by Gasteiger charge is -2.22. The van der Waals surface area contributed by atoms with Crippen LogP contribution in [0.25, 0.3) is 0 Å².